The SMILES string of the molecule is O=C(Nc1ccc(NS(=O)(=O)c2ccc(F)cc2)cc1)c1ccc[nH]c1=O. The van der Waals surface area contributed by atoms with E-state index in [-0.39, 0.29) is 16.1 Å². The van der Waals surface area contributed by atoms with Crippen molar-refractivity contribution < 1.29 is 17.6 Å². The third-order valence-corrected chi connectivity index (χ3v) is 4.98. The molecule has 0 saturated heterocycles. The van der Waals surface area contributed by atoms with Crippen molar-refractivity contribution in [1.82, 2.24) is 4.98 Å². The second-order valence-corrected chi connectivity index (χ2v) is 7.19. The summed E-state index contributed by atoms with van der Waals surface area (Å²) in [6, 6.07) is 13.2. The maximum Gasteiger partial charge on any atom is 0.261 e. The van der Waals surface area contributed by atoms with E-state index in [9.17, 15) is 22.4 Å². The molecule has 0 aliphatic rings. The molecule has 27 heavy (non-hydrogen) atoms. The Kier molecular flexibility index (Phi) is 5.04. The van der Waals surface area contributed by atoms with Gasteiger partial charge >= 0.3 is 0 Å². The van der Waals surface area contributed by atoms with Crippen LogP contribution in [0.4, 0.5) is 15.8 Å². The Morgan fingerprint density at radius 2 is 1.56 bits per heavy atom. The van der Waals surface area contributed by atoms with Crippen molar-refractivity contribution in [2.24, 2.45) is 0 Å². The van der Waals surface area contributed by atoms with E-state index < -0.39 is 27.3 Å². The number of amides is 1. The minimum Gasteiger partial charge on any atom is -0.328 e. The predicted octanol–water partition coefficient (Wildman–Crippen LogP) is 2.57. The highest BCUT2D eigenvalue weighted by molar-refractivity contribution is 7.92. The van der Waals surface area contributed by atoms with Crippen LogP contribution in [0.25, 0.3) is 0 Å². The summed E-state index contributed by atoms with van der Waals surface area (Å²) in [5.74, 6) is -1.12. The Labute approximate surface area is 153 Å². The molecule has 0 aliphatic carbocycles. The van der Waals surface area contributed by atoms with Crippen LogP contribution in [0.15, 0.2) is 76.6 Å². The van der Waals surface area contributed by atoms with Gasteiger partial charge in [-0.2, -0.15) is 0 Å². The number of rotatable bonds is 5. The molecule has 1 aromatic heterocycles. The Bertz CT molecular complexity index is 1120. The lowest BCUT2D eigenvalue weighted by Crippen LogP contribution is -2.22. The normalized spacial score (nSPS) is 11.0. The molecule has 7 nitrogen and oxygen atoms in total. The van der Waals surface area contributed by atoms with Crippen LogP contribution in [0.1, 0.15) is 10.4 Å². The standard InChI is InChI=1S/C18H14FN3O4S/c19-12-3-9-15(10-4-12)27(25,26)22-14-7-5-13(6-8-14)21-18(24)16-2-1-11-20-17(16)23/h1-11,22H,(H,20,23)(H,21,24). The monoisotopic (exact) mass is 387 g/mol. The highest BCUT2D eigenvalue weighted by Gasteiger charge is 2.14. The number of halogens is 1. The minimum absolute atomic E-state index is 0.0430. The number of hydrogen-bond donors (Lipinski definition) is 3. The van der Waals surface area contributed by atoms with Gasteiger partial charge in [-0.05, 0) is 60.7 Å². The Morgan fingerprint density at radius 3 is 2.19 bits per heavy atom. The fraction of sp³-hybridized carbons (Fsp3) is 0. The van der Waals surface area contributed by atoms with Gasteiger partial charge < -0.3 is 10.3 Å². The van der Waals surface area contributed by atoms with E-state index >= 15 is 0 Å². The summed E-state index contributed by atoms with van der Waals surface area (Å²) >= 11 is 0. The third-order valence-electron chi connectivity index (χ3n) is 3.58. The fourth-order valence-electron chi connectivity index (χ4n) is 2.25. The quantitative estimate of drug-likeness (QED) is 0.625. The maximum atomic E-state index is 12.9. The molecule has 0 unspecified atom stereocenters. The van der Waals surface area contributed by atoms with E-state index in [0.717, 1.165) is 24.3 Å². The van der Waals surface area contributed by atoms with Crippen molar-refractivity contribution in [2.75, 3.05) is 10.0 Å². The smallest absolute Gasteiger partial charge is 0.261 e. The van der Waals surface area contributed by atoms with E-state index in [0.29, 0.717) is 5.69 Å². The van der Waals surface area contributed by atoms with Gasteiger partial charge in [-0.3, -0.25) is 14.3 Å². The molecule has 2 aromatic carbocycles. The highest BCUT2D eigenvalue weighted by atomic mass is 32.2. The minimum atomic E-state index is -3.86. The lowest BCUT2D eigenvalue weighted by Gasteiger charge is -2.09. The van der Waals surface area contributed by atoms with Crippen molar-refractivity contribution >= 4 is 27.3 Å². The summed E-state index contributed by atoms with van der Waals surface area (Å²) in [6.45, 7) is 0. The molecule has 3 rings (SSSR count). The molecule has 0 aliphatic heterocycles. The topological polar surface area (TPSA) is 108 Å². The van der Waals surface area contributed by atoms with Gasteiger partial charge in [0, 0.05) is 17.6 Å². The lowest BCUT2D eigenvalue weighted by molar-refractivity contribution is 0.102. The molecular weight excluding hydrogens is 373 g/mol. The van der Waals surface area contributed by atoms with Gasteiger partial charge in [0.25, 0.3) is 21.5 Å². The predicted molar refractivity (Wildman–Crippen MR) is 98.7 cm³/mol. The van der Waals surface area contributed by atoms with Crippen LogP contribution in [0.2, 0.25) is 0 Å². The van der Waals surface area contributed by atoms with Crippen LogP contribution in [-0.4, -0.2) is 19.3 Å². The van der Waals surface area contributed by atoms with Crippen molar-refractivity contribution in [1.29, 1.82) is 0 Å². The van der Waals surface area contributed by atoms with Gasteiger partial charge in [-0.25, -0.2) is 12.8 Å². The summed E-state index contributed by atoms with van der Waals surface area (Å²) in [6.07, 6.45) is 1.42. The van der Waals surface area contributed by atoms with Crippen molar-refractivity contribution in [2.45, 2.75) is 4.90 Å². The average molecular weight is 387 g/mol. The zero-order valence-electron chi connectivity index (χ0n) is 13.8. The molecular formula is C18H14FN3O4S. The van der Waals surface area contributed by atoms with E-state index in [1.807, 2.05) is 0 Å². The zero-order valence-corrected chi connectivity index (χ0v) is 14.6. The van der Waals surface area contributed by atoms with Crippen LogP contribution >= 0.6 is 0 Å². The molecule has 1 heterocycles. The number of H-pyrrole nitrogens is 1. The number of benzene rings is 2. The highest BCUT2D eigenvalue weighted by Crippen LogP contribution is 2.19. The number of aromatic amines is 1. The van der Waals surface area contributed by atoms with Crippen molar-refractivity contribution in [3.8, 4) is 0 Å². The first-order valence-corrected chi connectivity index (χ1v) is 9.21. The lowest BCUT2D eigenvalue weighted by atomic mass is 10.2. The van der Waals surface area contributed by atoms with E-state index in [1.165, 1.54) is 42.6 Å². The molecule has 0 fully saturated rings. The summed E-state index contributed by atoms with van der Waals surface area (Å²) in [5, 5.41) is 2.55. The third kappa shape index (κ3) is 4.39. The Hall–Kier alpha value is -3.46. The van der Waals surface area contributed by atoms with E-state index in [4.69, 9.17) is 0 Å². The molecule has 0 saturated carbocycles. The van der Waals surface area contributed by atoms with Gasteiger partial charge in [0.1, 0.15) is 11.4 Å². The number of sulfonamides is 1. The van der Waals surface area contributed by atoms with Gasteiger partial charge in [0.15, 0.2) is 0 Å². The molecule has 1 amide bonds. The molecule has 0 radical (unpaired) electrons. The number of carbonyl (C=O) groups excluding carboxylic acids is 1. The molecule has 0 spiro atoms. The Balaban J connectivity index is 1.72. The zero-order chi connectivity index (χ0) is 19.4. The first kappa shape index (κ1) is 18.3. The molecule has 3 N–H and O–H groups in total. The second kappa shape index (κ2) is 7.42. The molecule has 3 aromatic rings. The summed E-state index contributed by atoms with van der Waals surface area (Å²) in [4.78, 5) is 26.0. The average Bonchev–Trinajstić information content (AvgIpc) is 2.64. The van der Waals surface area contributed by atoms with Crippen molar-refractivity contribution in [3.63, 3.8) is 0 Å². The fourth-order valence-corrected chi connectivity index (χ4v) is 3.31. The Morgan fingerprint density at radius 1 is 0.926 bits per heavy atom. The number of pyridine rings is 1. The second-order valence-electron chi connectivity index (χ2n) is 5.50. The number of anilines is 2. The maximum absolute atomic E-state index is 12.9. The first-order valence-electron chi connectivity index (χ1n) is 7.73. The van der Waals surface area contributed by atoms with Gasteiger partial charge in [0.2, 0.25) is 0 Å². The molecule has 0 bridgehead atoms. The van der Waals surface area contributed by atoms with Crippen molar-refractivity contribution in [3.05, 3.63) is 88.6 Å². The van der Waals surface area contributed by atoms with E-state index in [1.54, 1.807) is 0 Å². The summed E-state index contributed by atoms with van der Waals surface area (Å²) in [7, 11) is -3.86. The summed E-state index contributed by atoms with van der Waals surface area (Å²) < 4.78 is 39.8. The first-order chi connectivity index (χ1) is 12.8. The van der Waals surface area contributed by atoms with Gasteiger partial charge in [-0.15, -0.1) is 0 Å². The van der Waals surface area contributed by atoms with Gasteiger partial charge in [-0.1, -0.05) is 0 Å². The molecule has 9 heteroatoms. The number of hydrogen-bond acceptors (Lipinski definition) is 4. The summed E-state index contributed by atoms with van der Waals surface area (Å²) in [5.41, 5.74) is 0.0835. The molecule has 0 atom stereocenters. The van der Waals surface area contributed by atoms with Crippen LogP contribution in [0.3, 0.4) is 0 Å². The van der Waals surface area contributed by atoms with E-state index in [2.05, 4.69) is 15.0 Å². The number of aromatic nitrogens is 1. The largest absolute Gasteiger partial charge is 0.328 e. The van der Waals surface area contributed by atoms with Crippen LogP contribution in [0, 0.1) is 5.82 Å². The number of carbonyl (C=O) groups is 1. The van der Waals surface area contributed by atoms with Crippen LogP contribution in [-0.2, 0) is 10.0 Å². The van der Waals surface area contributed by atoms with Gasteiger partial charge in [0.05, 0.1) is 4.90 Å². The molecule has 138 valence electrons. The van der Waals surface area contributed by atoms with Crippen LogP contribution in [0.5, 0.6) is 0 Å². The number of nitrogens with one attached hydrogen (secondary N) is 3. The van der Waals surface area contributed by atoms with Crippen LogP contribution < -0.4 is 15.6 Å².